The number of likely N-dealkylation sites (tertiary alicyclic amines) is 1. The van der Waals surface area contributed by atoms with E-state index in [9.17, 15) is 10.1 Å². The van der Waals surface area contributed by atoms with Crippen LogP contribution in [0.3, 0.4) is 0 Å². The molecule has 1 atom stereocenters. The second-order valence-electron chi connectivity index (χ2n) is 6.86. The Labute approximate surface area is 187 Å². The quantitative estimate of drug-likeness (QED) is 0.193. The van der Waals surface area contributed by atoms with E-state index in [1.165, 1.54) is 25.3 Å². The summed E-state index contributed by atoms with van der Waals surface area (Å²) in [5.74, 6) is 1.60. The van der Waals surface area contributed by atoms with Crippen molar-refractivity contribution in [3.05, 3.63) is 64.1 Å². The molecule has 0 spiro atoms. The van der Waals surface area contributed by atoms with E-state index in [-0.39, 0.29) is 40.6 Å². The van der Waals surface area contributed by atoms with E-state index in [0.29, 0.717) is 19.0 Å². The van der Waals surface area contributed by atoms with Gasteiger partial charge in [-0.3, -0.25) is 20.0 Å². The van der Waals surface area contributed by atoms with Crippen molar-refractivity contribution in [3.8, 4) is 0 Å². The minimum absolute atomic E-state index is 0. The largest absolute Gasteiger partial charge is 0.468 e. The van der Waals surface area contributed by atoms with E-state index in [4.69, 9.17) is 4.42 Å². The van der Waals surface area contributed by atoms with Crippen molar-refractivity contribution in [1.82, 2.24) is 15.5 Å². The SMILES string of the molecule is CN=C(NCc1cccc([N+](=O)[O-])c1)NCC(c1ccco1)N1CCCCC1.I. The summed E-state index contributed by atoms with van der Waals surface area (Å²) >= 11 is 0. The minimum atomic E-state index is -0.386. The molecule has 8 nitrogen and oxygen atoms in total. The first-order valence-electron chi connectivity index (χ1n) is 9.62. The van der Waals surface area contributed by atoms with Gasteiger partial charge in [-0.2, -0.15) is 0 Å². The molecule has 1 unspecified atom stereocenters. The standard InChI is InChI=1S/C20H27N5O3.HI/c1-21-20(22-14-16-7-5-8-17(13-16)25(26)27)23-15-18(19-9-6-12-28-19)24-10-3-2-4-11-24;/h5-9,12-13,18H,2-4,10-11,14-15H2,1H3,(H2,21,22,23);1H. The number of piperidine rings is 1. The second kappa shape index (κ2) is 11.8. The predicted octanol–water partition coefficient (Wildman–Crippen LogP) is 3.70. The average molecular weight is 513 g/mol. The van der Waals surface area contributed by atoms with E-state index in [2.05, 4.69) is 20.5 Å². The van der Waals surface area contributed by atoms with Gasteiger partial charge in [0, 0.05) is 32.3 Å². The van der Waals surface area contributed by atoms with Crippen molar-refractivity contribution in [2.45, 2.75) is 31.8 Å². The van der Waals surface area contributed by atoms with E-state index >= 15 is 0 Å². The number of nitro benzene ring substituents is 1. The zero-order chi connectivity index (χ0) is 19.8. The summed E-state index contributed by atoms with van der Waals surface area (Å²) in [5, 5.41) is 17.5. The maximum atomic E-state index is 10.9. The van der Waals surface area contributed by atoms with Crippen LogP contribution in [0.25, 0.3) is 0 Å². The summed E-state index contributed by atoms with van der Waals surface area (Å²) in [7, 11) is 1.71. The summed E-state index contributed by atoms with van der Waals surface area (Å²) < 4.78 is 5.67. The smallest absolute Gasteiger partial charge is 0.269 e. The van der Waals surface area contributed by atoms with Gasteiger partial charge in [0.15, 0.2) is 5.96 Å². The maximum Gasteiger partial charge on any atom is 0.269 e. The van der Waals surface area contributed by atoms with Crippen LogP contribution in [0.15, 0.2) is 52.1 Å². The van der Waals surface area contributed by atoms with Crippen LogP contribution in [-0.4, -0.2) is 42.5 Å². The number of nitrogens with zero attached hydrogens (tertiary/aromatic N) is 3. The van der Waals surface area contributed by atoms with Gasteiger partial charge in [0.05, 0.1) is 17.2 Å². The Bertz CT molecular complexity index is 791. The third-order valence-electron chi connectivity index (χ3n) is 4.97. The topological polar surface area (TPSA) is 95.9 Å². The van der Waals surface area contributed by atoms with Gasteiger partial charge in [0.2, 0.25) is 0 Å². The number of non-ortho nitro benzene ring substituents is 1. The molecule has 0 radical (unpaired) electrons. The van der Waals surface area contributed by atoms with Gasteiger partial charge < -0.3 is 15.1 Å². The van der Waals surface area contributed by atoms with Crippen LogP contribution >= 0.6 is 24.0 Å². The van der Waals surface area contributed by atoms with Crippen molar-refractivity contribution in [3.63, 3.8) is 0 Å². The van der Waals surface area contributed by atoms with Crippen molar-refractivity contribution in [2.75, 3.05) is 26.7 Å². The molecule has 0 saturated carbocycles. The Morgan fingerprint density at radius 3 is 2.69 bits per heavy atom. The molecule has 0 aliphatic carbocycles. The fraction of sp³-hybridized carbons (Fsp3) is 0.450. The zero-order valence-electron chi connectivity index (χ0n) is 16.5. The molecule has 0 bridgehead atoms. The monoisotopic (exact) mass is 513 g/mol. The molecule has 1 saturated heterocycles. The van der Waals surface area contributed by atoms with Gasteiger partial charge in [0.25, 0.3) is 5.69 Å². The lowest BCUT2D eigenvalue weighted by Gasteiger charge is -2.33. The highest BCUT2D eigenvalue weighted by molar-refractivity contribution is 14.0. The van der Waals surface area contributed by atoms with Crippen LogP contribution < -0.4 is 10.6 Å². The molecule has 3 rings (SSSR count). The molecule has 1 aliphatic rings. The average Bonchev–Trinajstić information content (AvgIpc) is 3.26. The van der Waals surface area contributed by atoms with Gasteiger partial charge in [-0.05, 0) is 43.6 Å². The van der Waals surface area contributed by atoms with Crippen LogP contribution in [0.1, 0.15) is 36.6 Å². The number of halogens is 1. The van der Waals surface area contributed by atoms with E-state index in [1.54, 1.807) is 25.4 Å². The molecule has 0 amide bonds. The Balaban J connectivity index is 0.00000300. The predicted molar refractivity (Wildman–Crippen MR) is 124 cm³/mol. The Kier molecular flexibility index (Phi) is 9.39. The van der Waals surface area contributed by atoms with Crippen LogP contribution in [0.4, 0.5) is 5.69 Å². The number of nitro groups is 1. The zero-order valence-corrected chi connectivity index (χ0v) is 18.9. The normalized spacial score (nSPS) is 16.0. The molecule has 2 heterocycles. The lowest BCUT2D eigenvalue weighted by atomic mass is 10.1. The maximum absolute atomic E-state index is 10.9. The van der Waals surface area contributed by atoms with Gasteiger partial charge in [-0.25, -0.2) is 0 Å². The molecule has 1 aromatic heterocycles. The van der Waals surface area contributed by atoms with Gasteiger partial charge in [0.1, 0.15) is 5.76 Å². The number of aliphatic imine (C=N–C) groups is 1. The molecule has 2 aromatic rings. The number of nitrogens with one attached hydrogen (secondary N) is 2. The molecular weight excluding hydrogens is 485 g/mol. The first kappa shape index (κ1) is 23.1. The van der Waals surface area contributed by atoms with Crippen LogP contribution in [-0.2, 0) is 6.54 Å². The van der Waals surface area contributed by atoms with Crippen LogP contribution in [0.2, 0.25) is 0 Å². The van der Waals surface area contributed by atoms with E-state index in [1.807, 2.05) is 18.2 Å². The number of hydrogen-bond donors (Lipinski definition) is 2. The molecule has 1 aliphatic heterocycles. The first-order valence-corrected chi connectivity index (χ1v) is 9.62. The van der Waals surface area contributed by atoms with Crippen molar-refractivity contribution in [1.29, 1.82) is 0 Å². The van der Waals surface area contributed by atoms with Crippen LogP contribution in [0, 0.1) is 10.1 Å². The molecule has 158 valence electrons. The molecule has 2 N–H and O–H groups in total. The Hall–Kier alpha value is -2.14. The van der Waals surface area contributed by atoms with Crippen molar-refractivity contribution >= 4 is 35.6 Å². The fourth-order valence-electron chi connectivity index (χ4n) is 3.50. The molecular formula is C20H28IN5O3. The highest BCUT2D eigenvalue weighted by Crippen LogP contribution is 2.24. The molecule has 9 heteroatoms. The van der Waals surface area contributed by atoms with Crippen molar-refractivity contribution in [2.24, 2.45) is 4.99 Å². The summed E-state index contributed by atoms with van der Waals surface area (Å²) in [6, 6.07) is 10.7. The van der Waals surface area contributed by atoms with Gasteiger partial charge in [-0.15, -0.1) is 24.0 Å². The third kappa shape index (κ3) is 6.70. The van der Waals surface area contributed by atoms with Crippen molar-refractivity contribution < 1.29 is 9.34 Å². The number of rotatable bonds is 7. The number of hydrogen-bond acceptors (Lipinski definition) is 5. The Morgan fingerprint density at radius 1 is 1.24 bits per heavy atom. The van der Waals surface area contributed by atoms with Crippen LogP contribution in [0.5, 0.6) is 0 Å². The van der Waals surface area contributed by atoms with E-state index < -0.39 is 0 Å². The highest BCUT2D eigenvalue weighted by Gasteiger charge is 2.24. The highest BCUT2D eigenvalue weighted by atomic mass is 127. The lowest BCUT2D eigenvalue weighted by Crippen LogP contribution is -2.44. The molecule has 1 fully saturated rings. The van der Waals surface area contributed by atoms with Gasteiger partial charge in [-0.1, -0.05) is 18.6 Å². The molecule has 29 heavy (non-hydrogen) atoms. The minimum Gasteiger partial charge on any atom is -0.468 e. The summed E-state index contributed by atoms with van der Waals surface area (Å²) in [6.07, 6.45) is 5.40. The van der Waals surface area contributed by atoms with Gasteiger partial charge >= 0.3 is 0 Å². The second-order valence-corrected chi connectivity index (χ2v) is 6.86. The number of benzene rings is 1. The fourth-order valence-corrected chi connectivity index (χ4v) is 3.50. The number of guanidine groups is 1. The summed E-state index contributed by atoms with van der Waals surface area (Å²) in [4.78, 5) is 17.3. The Morgan fingerprint density at radius 2 is 2.03 bits per heavy atom. The molecule has 1 aromatic carbocycles. The lowest BCUT2D eigenvalue weighted by molar-refractivity contribution is -0.384. The number of furan rings is 1. The summed E-state index contributed by atoms with van der Waals surface area (Å²) in [5.41, 5.74) is 0.918. The van der Waals surface area contributed by atoms with E-state index in [0.717, 1.165) is 24.4 Å². The third-order valence-corrected chi connectivity index (χ3v) is 4.97. The summed E-state index contributed by atoms with van der Waals surface area (Å²) in [6.45, 7) is 3.25. The first-order chi connectivity index (χ1) is 13.7.